The molecule has 4 nitrogen and oxygen atoms in total. The Kier molecular flexibility index (Phi) is 2.71. The summed E-state index contributed by atoms with van der Waals surface area (Å²) in [5, 5.41) is 18.6. The predicted octanol–water partition coefficient (Wildman–Crippen LogP) is 1.66. The van der Waals surface area contributed by atoms with Crippen molar-refractivity contribution in [2.45, 2.75) is 6.54 Å². The van der Waals surface area contributed by atoms with Crippen LogP contribution in [0.1, 0.15) is 5.69 Å². The molecule has 0 bridgehead atoms. The van der Waals surface area contributed by atoms with Crippen molar-refractivity contribution >= 4 is 27.0 Å². The highest BCUT2D eigenvalue weighted by Crippen LogP contribution is 2.24. The van der Waals surface area contributed by atoms with Gasteiger partial charge in [-0.2, -0.15) is 5.26 Å². The van der Waals surface area contributed by atoms with Crippen LogP contribution in [0, 0.1) is 11.3 Å². The molecule has 0 aliphatic heterocycles. The quantitative estimate of drug-likeness (QED) is 0.899. The summed E-state index contributed by atoms with van der Waals surface area (Å²) in [6.07, 6.45) is 1.86. The first-order valence-corrected chi connectivity index (χ1v) is 5.22. The minimum atomic E-state index is 0.0503. The molecule has 0 aliphatic rings. The Morgan fingerprint density at radius 3 is 3.00 bits per heavy atom. The largest absolute Gasteiger partial charge is 0.395 e. The first-order valence-electron chi connectivity index (χ1n) is 4.42. The molecule has 2 aromatic heterocycles. The summed E-state index contributed by atoms with van der Waals surface area (Å²) < 4.78 is 2.74. The lowest BCUT2D eigenvalue weighted by Crippen LogP contribution is -2.01. The van der Waals surface area contributed by atoms with Gasteiger partial charge in [0.05, 0.1) is 6.61 Å². The van der Waals surface area contributed by atoms with Gasteiger partial charge in [-0.25, -0.2) is 4.98 Å². The molecule has 15 heavy (non-hydrogen) atoms. The average Bonchev–Trinajstić information content (AvgIpc) is 2.56. The number of fused-ring (bicyclic) bond motifs is 1. The van der Waals surface area contributed by atoms with Crippen molar-refractivity contribution in [3.8, 4) is 6.07 Å². The van der Waals surface area contributed by atoms with E-state index in [-0.39, 0.29) is 6.61 Å². The van der Waals surface area contributed by atoms with Gasteiger partial charge >= 0.3 is 0 Å². The van der Waals surface area contributed by atoms with Crippen LogP contribution in [-0.2, 0) is 6.54 Å². The SMILES string of the molecule is N#Cc1ccc2c(Br)cn(CCO)c2n1. The molecule has 0 spiro atoms. The fraction of sp³-hybridized carbons (Fsp3) is 0.200. The molecule has 0 saturated heterocycles. The summed E-state index contributed by atoms with van der Waals surface area (Å²) in [5.41, 5.74) is 1.10. The molecule has 0 aliphatic carbocycles. The van der Waals surface area contributed by atoms with E-state index in [4.69, 9.17) is 10.4 Å². The van der Waals surface area contributed by atoms with Gasteiger partial charge in [-0.3, -0.25) is 0 Å². The van der Waals surface area contributed by atoms with Crippen LogP contribution >= 0.6 is 15.9 Å². The van der Waals surface area contributed by atoms with Gasteiger partial charge in [-0.05, 0) is 28.1 Å². The standard InChI is InChI=1S/C10H8BrN3O/c11-9-6-14(3-4-15)10-8(9)2-1-7(5-12)13-10/h1-2,6,15H,3-4H2. The van der Waals surface area contributed by atoms with Crippen LogP contribution in [0.2, 0.25) is 0 Å². The van der Waals surface area contributed by atoms with Gasteiger partial charge in [0.1, 0.15) is 17.4 Å². The number of pyridine rings is 1. The molecular formula is C10H8BrN3O. The zero-order chi connectivity index (χ0) is 10.8. The van der Waals surface area contributed by atoms with Crippen molar-refractivity contribution in [3.05, 3.63) is 28.5 Å². The van der Waals surface area contributed by atoms with E-state index in [0.717, 1.165) is 15.5 Å². The molecule has 2 aromatic rings. The zero-order valence-electron chi connectivity index (χ0n) is 7.81. The van der Waals surface area contributed by atoms with Crippen LogP contribution in [0.25, 0.3) is 11.0 Å². The minimum Gasteiger partial charge on any atom is -0.395 e. The summed E-state index contributed by atoms with van der Waals surface area (Å²) in [6.45, 7) is 0.526. The summed E-state index contributed by atoms with van der Waals surface area (Å²) in [4.78, 5) is 4.19. The second-order valence-corrected chi connectivity index (χ2v) is 3.93. The molecular weight excluding hydrogens is 258 g/mol. The Balaban J connectivity index is 2.67. The number of nitriles is 1. The monoisotopic (exact) mass is 265 g/mol. The first-order chi connectivity index (χ1) is 7.26. The van der Waals surface area contributed by atoms with Crippen LogP contribution in [0.3, 0.4) is 0 Å². The fourth-order valence-electron chi connectivity index (χ4n) is 1.46. The molecule has 2 heterocycles. The van der Waals surface area contributed by atoms with E-state index >= 15 is 0 Å². The summed E-state index contributed by atoms with van der Waals surface area (Å²) in [5.74, 6) is 0. The number of aliphatic hydroxyl groups is 1. The van der Waals surface area contributed by atoms with Crippen molar-refractivity contribution in [2.75, 3.05) is 6.61 Å². The van der Waals surface area contributed by atoms with E-state index < -0.39 is 0 Å². The van der Waals surface area contributed by atoms with Gasteiger partial charge in [0, 0.05) is 22.6 Å². The van der Waals surface area contributed by atoms with Gasteiger partial charge in [0.2, 0.25) is 0 Å². The van der Waals surface area contributed by atoms with E-state index in [0.29, 0.717) is 12.2 Å². The van der Waals surface area contributed by atoms with Crippen LogP contribution in [0.15, 0.2) is 22.8 Å². The van der Waals surface area contributed by atoms with Crippen LogP contribution < -0.4 is 0 Å². The fourth-order valence-corrected chi connectivity index (χ4v) is 2.02. The van der Waals surface area contributed by atoms with Crippen molar-refractivity contribution in [1.82, 2.24) is 9.55 Å². The van der Waals surface area contributed by atoms with Gasteiger partial charge in [0.15, 0.2) is 0 Å². The third kappa shape index (κ3) is 1.74. The minimum absolute atomic E-state index is 0.0503. The van der Waals surface area contributed by atoms with E-state index in [1.165, 1.54) is 0 Å². The lowest BCUT2D eigenvalue weighted by molar-refractivity contribution is 0.278. The number of hydrogen-bond donors (Lipinski definition) is 1. The second-order valence-electron chi connectivity index (χ2n) is 3.07. The number of aromatic nitrogens is 2. The predicted molar refractivity (Wildman–Crippen MR) is 59.2 cm³/mol. The number of nitrogens with zero attached hydrogens (tertiary/aromatic N) is 3. The molecule has 0 fully saturated rings. The maximum Gasteiger partial charge on any atom is 0.142 e. The second kappa shape index (κ2) is 4.01. The van der Waals surface area contributed by atoms with E-state index in [2.05, 4.69) is 20.9 Å². The van der Waals surface area contributed by atoms with Crippen molar-refractivity contribution < 1.29 is 5.11 Å². The highest BCUT2D eigenvalue weighted by Gasteiger charge is 2.08. The highest BCUT2D eigenvalue weighted by molar-refractivity contribution is 9.10. The molecule has 0 atom stereocenters. The molecule has 76 valence electrons. The average molecular weight is 266 g/mol. The van der Waals surface area contributed by atoms with E-state index in [1.54, 1.807) is 6.07 Å². The number of hydrogen-bond acceptors (Lipinski definition) is 3. The molecule has 1 N–H and O–H groups in total. The maximum absolute atomic E-state index is 8.89. The van der Waals surface area contributed by atoms with Gasteiger partial charge in [-0.1, -0.05) is 0 Å². The van der Waals surface area contributed by atoms with Gasteiger partial charge in [0.25, 0.3) is 0 Å². The van der Waals surface area contributed by atoms with Gasteiger partial charge < -0.3 is 9.67 Å². The Hall–Kier alpha value is -1.38. The van der Waals surface area contributed by atoms with Crippen molar-refractivity contribution in [1.29, 1.82) is 5.26 Å². The molecule has 0 aromatic carbocycles. The Morgan fingerprint density at radius 1 is 1.53 bits per heavy atom. The Morgan fingerprint density at radius 2 is 2.33 bits per heavy atom. The maximum atomic E-state index is 8.89. The lowest BCUT2D eigenvalue weighted by Gasteiger charge is -2.00. The summed E-state index contributed by atoms with van der Waals surface area (Å²) in [7, 11) is 0. The first kappa shape index (κ1) is 10.1. The highest BCUT2D eigenvalue weighted by atomic mass is 79.9. The number of halogens is 1. The molecule has 0 saturated carbocycles. The normalized spacial score (nSPS) is 10.5. The van der Waals surface area contributed by atoms with Crippen LogP contribution in [-0.4, -0.2) is 21.3 Å². The topological polar surface area (TPSA) is 61.8 Å². The van der Waals surface area contributed by atoms with E-state index in [9.17, 15) is 0 Å². The van der Waals surface area contributed by atoms with E-state index in [1.807, 2.05) is 22.9 Å². The van der Waals surface area contributed by atoms with Crippen molar-refractivity contribution in [3.63, 3.8) is 0 Å². The van der Waals surface area contributed by atoms with Gasteiger partial charge in [-0.15, -0.1) is 0 Å². The Bertz CT molecular complexity index is 541. The molecule has 2 rings (SSSR count). The number of rotatable bonds is 2. The Labute approximate surface area is 94.9 Å². The molecule has 0 amide bonds. The van der Waals surface area contributed by atoms with Crippen molar-refractivity contribution in [2.24, 2.45) is 0 Å². The smallest absolute Gasteiger partial charge is 0.142 e. The molecule has 0 unspecified atom stereocenters. The third-order valence-corrected chi connectivity index (χ3v) is 2.76. The summed E-state index contributed by atoms with van der Waals surface area (Å²) >= 11 is 3.41. The molecule has 0 radical (unpaired) electrons. The van der Waals surface area contributed by atoms with Crippen LogP contribution in [0.5, 0.6) is 0 Å². The lowest BCUT2D eigenvalue weighted by atomic mass is 10.3. The third-order valence-electron chi connectivity index (χ3n) is 2.13. The summed E-state index contributed by atoms with van der Waals surface area (Å²) in [6, 6.07) is 5.52. The molecule has 5 heteroatoms. The zero-order valence-corrected chi connectivity index (χ0v) is 9.40. The number of aliphatic hydroxyl groups excluding tert-OH is 1. The van der Waals surface area contributed by atoms with Crippen LogP contribution in [0.4, 0.5) is 0 Å².